The van der Waals surface area contributed by atoms with Crippen molar-refractivity contribution in [3.8, 4) is 0 Å². The number of benzene rings is 1. The van der Waals surface area contributed by atoms with Gasteiger partial charge in [0.05, 0.1) is 28.1 Å². The van der Waals surface area contributed by atoms with Gasteiger partial charge in [0.15, 0.2) is 5.78 Å². The number of fused-ring (bicyclic) bond motifs is 1. The van der Waals surface area contributed by atoms with E-state index in [2.05, 4.69) is 0 Å². The number of nitrogen functional groups attached to an aromatic ring is 1. The van der Waals surface area contributed by atoms with Crippen LogP contribution in [-0.2, 0) is 16.0 Å². The minimum Gasteiger partial charge on any atom is -0.466 e. The summed E-state index contributed by atoms with van der Waals surface area (Å²) in [7, 11) is 0. The van der Waals surface area contributed by atoms with E-state index in [4.69, 9.17) is 22.1 Å². The summed E-state index contributed by atoms with van der Waals surface area (Å²) in [5, 5.41) is 0.816. The predicted molar refractivity (Wildman–Crippen MR) is 91.3 cm³/mol. The van der Waals surface area contributed by atoms with Gasteiger partial charge in [0.1, 0.15) is 0 Å². The van der Waals surface area contributed by atoms with Gasteiger partial charge in [-0.1, -0.05) is 23.7 Å². The summed E-state index contributed by atoms with van der Waals surface area (Å²) in [6.45, 7) is 2.09. The zero-order valence-corrected chi connectivity index (χ0v) is 14.2. The lowest BCUT2D eigenvalue weighted by Gasteiger charge is -2.12. The number of carbonyl (C=O) groups excluding carboxylic acids is 2. The summed E-state index contributed by atoms with van der Waals surface area (Å²) in [5.74, 6) is -0.945. The van der Waals surface area contributed by atoms with Gasteiger partial charge in [0, 0.05) is 10.4 Å². The number of esters is 1. The molecule has 4 nitrogen and oxygen atoms in total. The molecule has 6 heteroatoms. The summed E-state index contributed by atoms with van der Waals surface area (Å²) < 4.78 is 5.14. The first-order valence-electron chi connectivity index (χ1n) is 7.41. The predicted octanol–water partition coefficient (Wildman–Crippen LogP) is 3.81. The van der Waals surface area contributed by atoms with E-state index in [1.54, 1.807) is 31.2 Å². The Labute approximate surface area is 143 Å². The molecule has 0 amide bonds. The molecule has 0 spiro atoms. The van der Waals surface area contributed by atoms with Gasteiger partial charge in [0.2, 0.25) is 0 Å². The van der Waals surface area contributed by atoms with Gasteiger partial charge in [-0.25, -0.2) is 0 Å². The first kappa shape index (κ1) is 16.0. The average Bonchev–Trinajstić information content (AvgIpc) is 3.05. The van der Waals surface area contributed by atoms with Crippen molar-refractivity contribution in [2.45, 2.75) is 25.7 Å². The largest absolute Gasteiger partial charge is 0.466 e. The topological polar surface area (TPSA) is 69.4 Å². The molecule has 0 bridgehead atoms. The quantitative estimate of drug-likeness (QED) is 0.673. The van der Waals surface area contributed by atoms with Crippen LogP contribution >= 0.6 is 22.9 Å². The fourth-order valence-corrected chi connectivity index (χ4v) is 4.34. The molecular weight excluding hydrogens is 334 g/mol. The highest BCUT2D eigenvalue weighted by Gasteiger charge is 2.37. The SMILES string of the molecule is CCOC(=O)C1CCc2sc(N)c(C(=O)c3ccccc3Cl)c21. The average molecular weight is 350 g/mol. The second-order valence-corrected chi connectivity index (χ2v) is 6.87. The van der Waals surface area contributed by atoms with Crippen LogP contribution in [0.3, 0.4) is 0 Å². The molecule has 1 aromatic heterocycles. The third-order valence-electron chi connectivity index (χ3n) is 3.97. The van der Waals surface area contributed by atoms with Crippen LogP contribution in [0.2, 0.25) is 5.02 Å². The third-order valence-corrected chi connectivity index (χ3v) is 5.40. The van der Waals surface area contributed by atoms with Crippen LogP contribution in [0.4, 0.5) is 5.00 Å². The zero-order chi connectivity index (χ0) is 16.6. The highest BCUT2D eigenvalue weighted by molar-refractivity contribution is 7.16. The van der Waals surface area contributed by atoms with E-state index >= 15 is 0 Å². The lowest BCUT2D eigenvalue weighted by molar-refractivity contribution is -0.144. The third kappa shape index (κ3) is 2.75. The molecule has 1 aliphatic carbocycles. The first-order chi connectivity index (χ1) is 11.0. The summed E-state index contributed by atoms with van der Waals surface area (Å²) >= 11 is 7.52. The fraction of sp³-hybridized carbons (Fsp3) is 0.294. The Morgan fingerprint density at radius 1 is 1.39 bits per heavy atom. The maximum Gasteiger partial charge on any atom is 0.313 e. The number of hydrogen-bond acceptors (Lipinski definition) is 5. The summed E-state index contributed by atoms with van der Waals surface area (Å²) in [6, 6.07) is 6.86. The maximum atomic E-state index is 12.9. The van der Waals surface area contributed by atoms with E-state index in [1.165, 1.54) is 11.3 Å². The molecule has 1 unspecified atom stereocenters. The van der Waals surface area contributed by atoms with E-state index in [9.17, 15) is 9.59 Å². The Balaban J connectivity index is 2.07. The molecular formula is C17H16ClNO3S. The van der Waals surface area contributed by atoms with Gasteiger partial charge in [-0.15, -0.1) is 11.3 Å². The van der Waals surface area contributed by atoms with Crippen molar-refractivity contribution in [1.82, 2.24) is 0 Å². The number of hydrogen-bond donors (Lipinski definition) is 1. The maximum absolute atomic E-state index is 12.9. The van der Waals surface area contributed by atoms with Crippen molar-refractivity contribution >= 4 is 39.7 Å². The lowest BCUT2D eigenvalue weighted by Crippen LogP contribution is -2.16. The molecule has 0 saturated carbocycles. The minimum atomic E-state index is -0.417. The number of rotatable bonds is 4. The van der Waals surface area contributed by atoms with Gasteiger partial charge < -0.3 is 10.5 Å². The van der Waals surface area contributed by atoms with Crippen LogP contribution < -0.4 is 5.73 Å². The van der Waals surface area contributed by atoms with Gasteiger partial charge in [-0.3, -0.25) is 9.59 Å². The molecule has 0 aliphatic heterocycles. The highest BCUT2D eigenvalue weighted by Crippen LogP contribution is 2.45. The van der Waals surface area contributed by atoms with Crippen molar-refractivity contribution in [3.63, 3.8) is 0 Å². The van der Waals surface area contributed by atoms with Crippen molar-refractivity contribution in [2.24, 2.45) is 0 Å². The van der Waals surface area contributed by atoms with Crippen molar-refractivity contribution < 1.29 is 14.3 Å². The van der Waals surface area contributed by atoms with Gasteiger partial charge >= 0.3 is 5.97 Å². The molecule has 1 aromatic carbocycles. The zero-order valence-electron chi connectivity index (χ0n) is 12.6. The number of ether oxygens (including phenoxy) is 1. The van der Waals surface area contributed by atoms with E-state index < -0.39 is 5.92 Å². The van der Waals surface area contributed by atoms with Gasteiger partial charge in [0.25, 0.3) is 0 Å². The molecule has 1 atom stereocenters. The number of ketones is 1. The van der Waals surface area contributed by atoms with E-state index in [0.29, 0.717) is 34.2 Å². The van der Waals surface area contributed by atoms with Gasteiger partial charge in [-0.05, 0) is 37.5 Å². The second-order valence-electron chi connectivity index (χ2n) is 5.33. The van der Waals surface area contributed by atoms with Crippen LogP contribution in [0.1, 0.15) is 45.6 Å². The molecule has 0 saturated heterocycles. The number of thiophene rings is 1. The van der Waals surface area contributed by atoms with Crippen molar-refractivity contribution in [2.75, 3.05) is 12.3 Å². The van der Waals surface area contributed by atoms with Crippen molar-refractivity contribution in [3.05, 3.63) is 50.9 Å². The van der Waals surface area contributed by atoms with Gasteiger partial charge in [-0.2, -0.15) is 0 Å². The molecule has 0 radical (unpaired) electrons. The number of aryl methyl sites for hydroxylation is 1. The Bertz CT molecular complexity index is 784. The number of carbonyl (C=O) groups is 2. The van der Waals surface area contributed by atoms with E-state index in [0.717, 1.165) is 16.9 Å². The molecule has 120 valence electrons. The van der Waals surface area contributed by atoms with Crippen LogP contribution in [0.15, 0.2) is 24.3 Å². The van der Waals surface area contributed by atoms with Crippen molar-refractivity contribution in [1.29, 1.82) is 0 Å². The standard InChI is InChI=1S/C17H16ClNO3S/c1-2-22-17(21)10-7-8-12-13(10)14(16(19)23-12)15(20)9-5-3-4-6-11(9)18/h3-6,10H,2,7-8,19H2,1H3. The Kier molecular flexibility index (Phi) is 4.41. The first-order valence-corrected chi connectivity index (χ1v) is 8.61. The highest BCUT2D eigenvalue weighted by atomic mass is 35.5. The molecule has 2 N–H and O–H groups in total. The Morgan fingerprint density at radius 2 is 2.13 bits per heavy atom. The normalized spacial score (nSPS) is 16.2. The number of anilines is 1. The number of nitrogens with two attached hydrogens (primary N) is 1. The molecule has 3 rings (SSSR count). The van der Waals surface area contributed by atoms with Crippen LogP contribution in [0.25, 0.3) is 0 Å². The monoisotopic (exact) mass is 349 g/mol. The fourth-order valence-electron chi connectivity index (χ4n) is 2.98. The Hall–Kier alpha value is -1.85. The smallest absolute Gasteiger partial charge is 0.313 e. The Morgan fingerprint density at radius 3 is 2.83 bits per heavy atom. The van der Waals surface area contributed by atoms with Crippen LogP contribution in [0, 0.1) is 0 Å². The molecule has 2 aromatic rings. The molecule has 1 heterocycles. The van der Waals surface area contributed by atoms with Crippen LogP contribution in [-0.4, -0.2) is 18.4 Å². The molecule has 23 heavy (non-hydrogen) atoms. The number of halogens is 1. The second kappa shape index (κ2) is 6.34. The molecule has 0 fully saturated rings. The molecule has 1 aliphatic rings. The lowest BCUT2D eigenvalue weighted by atomic mass is 9.94. The van der Waals surface area contributed by atoms with E-state index in [1.807, 2.05) is 0 Å². The minimum absolute atomic E-state index is 0.234. The summed E-state index contributed by atoms with van der Waals surface area (Å²) in [4.78, 5) is 26.1. The summed E-state index contributed by atoms with van der Waals surface area (Å²) in [5.41, 5.74) is 7.62. The summed E-state index contributed by atoms with van der Waals surface area (Å²) in [6.07, 6.45) is 1.40. The van der Waals surface area contributed by atoms with Crippen LogP contribution in [0.5, 0.6) is 0 Å². The van der Waals surface area contributed by atoms with E-state index in [-0.39, 0.29) is 11.8 Å².